The van der Waals surface area contributed by atoms with E-state index in [0.717, 1.165) is 0 Å². The minimum Gasteiger partial charge on any atom is -0.309 e. The van der Waals surface area contributed by atoms with Crippen LogP contribution in [0.1, 0.15) is 18.5 Å². The van der Waals surface area contributed by atoms with Gasteiger partial charge in [-0.25, -0.2) is 8.78 Å². The molecule has 0 aliphatic carbocycles. The van der Waals surface area contributed by atoms with E-state index in [9.17, 15) is 13.0 Å². The molecule has 3 unspecified atom stereocenters. The summed E-state index contributed by atoms with van der Waals surface area (Å²) in [6.45, 7) is 2.61. The van der Waals surface area contributed by atoms with Crippen molar-refractivity contribution in [3.63, 3.8) is 0 Å². The van der Waals surface area contributed by atoms with Gasteiger partial charge in [-0.15, -0.1) is 0 Å². The Hall–Kier alpha value is -0.810. The number of benzene rings is 1. The molecule has 0 aromatic heterocycles. The van der Waals surface area contributed by atoms with Crippen LogP contribution in [0.5, 0.6) is 0 Å². The minimum absolute atomic E-state index is 0.00921. The molecule has 1 N–H and O–H groups in total. The van der Waals surface area contributed by atoms with Crippen LogP contribution in [0.25, 0.3) is 0 Å². The molecule has 1 aliphatic heterocycles. The summed E-state index contributed by atoms with van der Waals surface area (Å²) in [6, 6.07) is 3.31. The summed E-state index contributed by atoms with van der Waals surface area (Å²) in [6.07, 6.45) is 0. The van der Waals surface area contributed by atoms with Crippen molar-refractivity contribution in [1.29, 1.82) is 0 Å². The average molecular weight is 259 g/mol. The normalized spacial score (nSPS) is 29.9. The fourth-order valence-electron chi connectivity index (χ4n) is 2.06. The highest BCUT2D eigenvalue weighted by Gasteiger charge is 2.25. The van der Waals surface area contributed by atoms with Crippen molar-refractivity contribution in [2.24, 2.45) is 5.92 Å². The molecule has 0 spiro atoms. The van der Waals surface area contributed by atoms with Crippen LogP contribution in [-0.2, 0) is 10.8 Å². The molecule has 94 valence electrons. The molecule has 0 bridgehead atoms. The second kappa shape index (κ2) is 5.23. The molecule has 1 aromatic rings. The highest BCUT2D eigenvalue weighted by Crippen LogP contribution is 2.23. The van der Waals surface area contributed by atoms with Crippen molar-refractivity contribution in [2.45, 2.75) is 13.0 Å². The Bertz CT molecular complexity index is 418. The third-order valence-corrected chi connectivity index (χ3v) is 4.53. The maximum absolute atomic E-state index is 13.6. The van der Waals surface area contributed by atoms with Crippen molar-refractivity contribution < 1.29 is 13.0 Å². The fourth-order valence-corrected chi connectivity index (χ4v) is 3.61. The first-order chi connectivity index (χ1) is 8.08. The Kier molecular flexibility index (Phi) is 3.89. The van der Waals surface area contributed by atoms with Crippen LogP contribution >= 0.6 is 0 Å². The molecule has 5 heteroatoms. The molecule has 1 heterocycles. The van der Waals surface area contributed by atoms with E-state index >= 15 is 0 Å². The van der Waals surface area contributed by atoms with Crippen LogP contribution < -0.4 is 5.32 Å². The van der Waals surface area contributed by atoms with Gasteiger partial charge >= 0.3 is 0 Å². The molecule has 1 aliphatic rings. The lowest BCUT2D eigenvalue weighted by Crippen LogP contribution is -2.27. The molecular weight excluding hydrogens is 244 g/mol. The van der Waals surface area contributed by atoms with E-state index in [2.05, 4.69) is 5.32 Å². The third kappa shape index (κ3) is 2.90. The highest BCUT2D eigenvalue weighted by atomic mass is 32.2. The standard InChI is InChI=1S/C12H15F2NOS/c1-8-5-15-11(7-17(16)6-8)12-9(13)3-2-4-10(12)14/h2-4,8,11,15H,5-7H2,1H3. The van der Waals surface area contributed by atoms with E-state index in [0.29, 0.717) is 12.3 Å². The Morgan fingerprint density at radius 2 is 1.94 bits per heavy atom. The van der Waals surface area contributed by atoms with Crippen molar-refractivity contribution in [1.82, 2.24) is 5.32 Å². The van der Waals surface area contributed by atoms with Crippen LogP contribution in [0.15, 0.2) is 18.2 Å². The first-order valence-corrected chi connectivity index (χ1v) is 7.09. The van der Waals surface area contributed by atoms with Gasteiger partial charge in [0.05, 0.1) is 0 Å². The largest absolute Gasteiger partial charge is 0.309 e. The van der Waals surface area contributed by atoms with E-state index < -0.39 is 28.5 Å². The summed E-state index contributed by atoms with van der Waals surface area (Å²) in [5.41, 5.74) is 0.00921. The summed E-state index contributed by atoms with van der Waals surface area (Å²) in [5, 5.41) is 3.09. The first-order valence-electron chi connectivity index (χ1n) is 5.60. The third-order valence-electron chi connectivity index (χ3n) is 2.88. The van der Waals surface area contributed by atoms with Gasteiger partial charge in [0.15, 0.2) is 0 Å². The molecule has 1 aromatic carbocycles. The number of halogens is 2. The Balaban J connectivity index is 2.30. The fraction of sp³-hybridized carbons (Fsp3) is 0.500. The van der Waals surface area contributed by atoms with Gasteiger partial charge in [-0.1, -0.05) is 13.0 Å². The lowest BCUT2D eigenvalue weighted by molar-refractivity contribution is 0.470. The monoisotopic (exact) mass is 259 g/mol. The lowest BCUT2D eigenvalue weighted by Gasteiger charge is -2.17. The topological polar surface area (TPSA) is 29.1 Å². The van der Waals surface area contributed by atoms with Gasteiger partial charge in [-0.2, -0.15) is 0 Å². The molecule has 2 nitrogen and oxygen atoms in total. The second-order valence-electron chi connectivity index (χ2n) is 4.47. The second-order valence-corrected chi connectivity index (χ2v) is 6.02. The predicted octanol–water partition coefficient (Wildman–Crippen LogP) is 1.99. The van der Waals surface area contributed by atoms with E-state index in [1.165, 1.54) is 18.2 Å². The Morgan fingerprint density at radius 3 is 2.59 bits per heavy atom. The number of rotatable bonds is 1. The molecule has 1 fully saturated rings. The summed E-state index contributed by atoms with van der Waals surface area (Å²) < 4.78 is 39.0. The predicted molar refractivity (Wildman–Crippen MR) is 64.1 cm³/mol. The number of nitrogens with one attached hydrogen (secondary N) is 1. The smallest absolute Gasteiger partial charge is 0.130 e. The molecule has 3 atom stereocenters. The van der Waals surface area contributed by atoms with Crippen LogP contribution in [0.2, 0.25) is 0 Å². The molecular formula is C12H15F2NOS. The van der Waals surface area contributed by atoms with Crippen LogP contribution in [0, 0.1) is 17.6 Å². The summed E-state index contributed by atoms with van der Waals surface area (Å²) in [4.78, 5) is 0. The summed E-state index contributed by atoms with van der Waals surface area (Å²) in [5.74, 6) is -0.0411. The van der Waals surface area contributed by atoms with Crippen LogP contribution in [-0.4, -0.2) is 22.3 Å². The van der Waals surface area contributed by atoms with E-state index in [1.54, 1.807) is 0 Å². The van der Waals surface area contributed by atoms with E-state index in [4.69, 9.17) is 0 Å². The van der Waals surface area contributed by atoms with Gasteiger partial charge in [0.25, 0.3) is 0 Å². The molecule has 0 radical (unpaired) electrons. The van der Waals surface area contributed by atoms with Crippen molar-refractivity contribution in [2.75, 3.05) is 18.1 Å². The molecule has 2 rings (SSSR count). The molecule has 0 amide bonds. The summed E-state index contributed by atoms with van der Waals surface area (Å²) in [7, 11) is -1.03. The van der Waals surface area contributed by atoms with Crippen LogP contribution in [0.4, 0.5) is 8.78 Å². The summed E-state index contributed by atoms with van der Waals surface area (Å²) >= 11 is 0. The Labute approximate surface area is 102 Å². The van der Waals surface area contributed by atoms with Crippen LogP contribution in [0.3, 0.4) is 0 Å². The van der Waals surface area contributed by atoms with Gasteiger partial charge in [0, 0.05) is 33.9 Å². The number of hydrogen-bond acceptors (Lipinski definition) is 2. The highest BCUT2D eigenvalue weighted by molar-refractivity contribution is 7.85. The quantitative estimate of drug-likeness (QED) is 0.835. The molecule has 17 heavy (non-hydrogen) atoms. The first kappa shape index (κ1) is 12.6. The van der Waals surface area contributed by atoms with Crippen molar-refractivity contribution >= 4 is 10.8 Å². The van der Waals surface area contributed by atoms with E-state index in [1.807, 2.05) is 6.92 Å². The maximum atomic E-state index is 13.6. The SMILES string of the molecule is CC1CNC(c2c(F)cccc2F)CS(=O)C1. The zero-order valence-electron chi connectivity index (χ0n) is 9.58. The molecule has 1 saturated heterocycles. The van der Waals surface area contributed by atoms with Crippen molar-refractivity contribution in [3.8, 4) is 0 Å². The maximum Gasteiger partial charge on any atom is 0.130 e. The number of hydrogen-bond donors (Lipinski definition) is 1. The zero-order chi connectivity index (χ0) is 12.4. The average Bonchev–Trinajstić information content (AvgIpc) is 2.40. The van der Waals surface area contributed by atoms with Gasteiger partial charge < -0.3 is 5.32 Å². The van der Waals surface area contributed by atoms with Gasteiger partial charge in [-0.3, -0.25) is 4.21 Å². The van der Waals surface area contributed by atoms with Gasteiger partial charge in [-0.05, 0) is 24.6 Å². The molecule has 0 saturated carbocycles. The minimum atomic E-state index is -1.03. The van der Waals surface area contributed by atoms with Crippen molar-refractivity contribution in [3.05, 3.63) is 35.4 Å². The Morgan fingerprint density at radius 1 is 1.29 bits per heavy atom. The van der Waals surface area contributed by atoms with Gasteiger partial charge in [0.1, 0.15) is 11.6 Å². The lowest BCUT2D eigenvalue weighted by atomic mass is 10.1. The zero-order valence-corrected chi connectivity index (χ0v) is 10.4. The van der Waals surface area contributed by atoms with Gasteiger partial charge in [0.2, 0.25) is 0 Å². The van der Waals surface area contributed by atoms with E-state index in [-0.39, 0.29) is 17.2 Å².